The molecule has 1 saturated carbocycles. The lowest BCUT2D eigenvalue weighted by molar-refractivity contribution is -0.128. The highest BCUT2D eigenvalue weighted by molar-refractivity contribution is 5.91. The summed E-state index contributed by atoms with van der Waals surface area (Å²) in [6.07, 6.45) is 5.82. The number of aromatic nitrogens is 3. The first-order valence-corrected chi connectivity index (χ1v) is 13.3. The number of hydrogen-bond acceptors (Lipinski definition) is 8. The summed E-state index contributed by atoms with van der Waals surface area (Å²) in [7, 11) is 0. The smallest absolute Gasteiger partial charge is 0.410 e. The molecule has 198 valence electrons. The average molecular weight is 511 g/mol. The van der Waals surface area contributed by atoms with Crippen molar-refractivity contribution < 1.29 is 23.6 Å². The van der Waals surface area contributed by atoms with E-state index in [0.717, 1.165) is 44.1 Å². The molecule has 2 fully saturated rings. The van der Waals surface area contributed by atoms with Gasteiger partial charge in [-0.15, -0.1) is 0 Å². The van der Waals surface area contributed by atoms with Gasteiger partial charge in [0.25, 0.3) is 5.56 Å². The van der Waals surface area contributed by atoms with Crippen molar-refractivity contribution in [2.24, 2.45) is 0 Å². The van der Waals surface area contributed by atoms with Crippen LogP contribution in [0.1, 0.15) is 88.3 Å². The fraction of sp³-hybridized carbons (Fsp3) is 0.667. The highest BCUT2D eigenvalue weighted by Crippen LogP contribution is 2.47. The number of rotatable bonds is 1. The molecule has 2 aromatic rings. The first-order valence-electron chi connectivity index (χ1n) is 13.3. The second-order valence-corrected chi connectivity index (χ2v) is 12.1. The molecule has 1 amide bonds. The number of ether oxygens (including phenoxy) is 2. The predicted octanol–water partition coefficient (Wildman–Crippen LogP) is 3.55. The molecular weight excluding hydrogens is 476 g/mol. The average Bonchev–Trinajstić information content (AvgIpc) is 3.49. The molecule has 1 saturated heterocycles. The largest absolute Gasteiger partial charge is 0.444 e. The molecule has 0 unspecified atom stereocenters. The maximum atomic E-state index is 13.5. The minimum atomic E-state index is -0.644. The van der Waals surface area contributed by atoms with Gasteiger partial charge in [-0.3, -0.25) is 9.59 Å². The van der Waals surface area contributed by atoms with Crippen LogP contribution in [-0.4, -0.2) is 57.3 Å². The van der Waals surface area contributed by atoms with Crippen LogP contribution in [0.5, 0.6) is 0 Å². The van der Waals surface area contributed by atoms with Crippen molar-refractivity contribution >= 4 is 11.9 Å². The van der Waals surface area contributed by atoms with Crippen molar-refractivity contribution in [2.45, 2.75) is 95.1 Å². The molecule has 6 rings (SSSR count). The van der Waals surface area contributed by atoms with E-state index >= 15 is 0 Å². The molecule has 1 N–H and O–H groups in total. The third-order valence-electron chi connectivity index (χ3n) is 8.38. The molecule has 10 heteroatoms. The zero-order valence-corrected chi connectivity index (χ0v) is 21.8. The third kappa shape index (κ3) is 3.91. The van der Waals surface area contributed by atoms with Gasteiger partial charge in [0.2, 0.25) is 0 Å². The number of H-pyrrole nitrogens is 1. The van der Waals surface area contributed by atoms with Crippen LogP contribution in [0.3, 0.4) is 0 Å². The number of nitrogens with one attached hydrogen (secondary N) is 1. The van der Waals surface area contributed by atoms with Gasteiger partial charge in [-0.1, -0.05) is 11.6 Å². The number of ketones is 1. The maximum absolute atomic E-state index is 13.5. The van der Waals surface area contributed by atoms with Crippen LogP contribution in [0.15, 0.2) is 9.32 Å². The first-order chi connectivity index (χ1) is 17.6. The monoisotopic (exact) mass is 510 g/mol. The van der Waals surface area contributed by atoms with Crippen molar-refractivity contribution in [1.29, 1.82) is 0 Å². The summed E-state index contributed by atoms with van der Waals surface area (Å²) in [5, 5.41) is 4.36. The Kier molecular flexibility index (Phi) is 5.60. The Hall–Kier alpha value is -3.01. The summed E-state index contributed by atoms with van der Waals surface area (Å²) >= 11 is 0. The number of nitrogens with zero attached hydrogens (tertiary/aromatic N) is 3. The summed E-state index contributed by atoms with van der Waals surface area (Å²) in [6, 6.07) is 0. The molecule has 4 heterocycles. The van der Waals surface area contributed by atoms with Crippen LogP contribution in [-0.2, 0) is 38.1 Å². The Morgan fingerprint density at radius 3 is 2.62 bits per heavy atom. The Labute approximate surface area is 215 Å². The zero-order chi connectivity index (χ0) is 26.0. The molecule has 0 aromatic carbocycles. The van der Waals surface area contributed by atoms with Crippen molar-refractivity contribution in [2.75, 3.05) is 19.8 Å². The Bertz CT molecular complexity index is 1320. The number of fused-ring (bicyclic) bond motifs is 4. The van der Waals surface area contributed by atoms with Crippen molar-refractivity contribution in [3.05, 3.63) is 32.9 Å². The van der Waals surface area contributed by atoms with E-state index in [4.69, 9.17) is 19.0 Å². The topological polar surface area (TPSA) is 128 Å². The van der Waals surface area contributed by atoms with Gasteiger partial charge in [-0.2, -0.15) is 0 Å². The van der Waals surface area contributed by atoms with E-state index in [9.17, 15) is 14.4 Å². The molecule has 2 aromatic heterocycles. The fourth-order valence-corrected chi connectivity index (χ4v) is 6.64. The van der Waals surface area contributed by atoms with Crippen molar-refractivity contribution in [3.8, 4) is 11.5 Å². The van der Waals surface area contributed by atoms with E-state index in [1.807, 2.05) is 20.8 Å². The predicted molar refractivity (Wildman–Crippen MR) is 132 cm³/mol. The SMILES string of the molecule is CC(C)(C)OC(=O)N1Cc2c(nc(-c3noc4c3CCC[C@@]43CCCCC3=O)[nH]c2=O)[C@@]2(CCOC2)C1. The fourth-order valence-electron chi connectivity index (χ4n) is 6.64. The molecule has 4 aliphatic rings. The summed E-state index contributed by atoms with van der Waals surface area (Å²) in [6.45, 7) is 6.83. The van der Waals surface area contributed by atoms with E-state index in [1.54, 1.807) is 4.90 Å². The molecule has 2 aliphatic heterocycles. The Balaban J connectivity index is 1.42. The zero-order valence-electron chi connectivity index (χ0n) is 21.8. The van der Waals surface area contributed by atoms with E-state index < -0.39 is 22.5 Å². The van der Waals surface area contributed by atoms with Crippen LogP contribution in [0.25, 0.3) is 11.5 Å². The minimum absolute atomic E-state index is 0.114. The summed E-state index contributed by atoms with van der Waals surface area (Å²) in [5.41, 5.74) is 0.341. The number of carbonyl (C=O) groups is 2. The van der Waals surface area contributed by atoms with Crippen LogP contribution < -0.4 is 5.56 Å². The Morgan fingerprint density at radius 1 is 1.08 bits per heavy atom. The number of amides is 1. The van der Waals surface area contributed by atoms with Gasteiger partial charge in [-0.25, -0.2) is 9.78 Å². The second kappa shape index (κ2) is 8.51. The molecule has 2 aliphatic carbocycles. The van der Waals surface area contributed by atoms with Gasteiger partial charge in [0.15, 0.2) is 17.3 Å². The van der Waals surface area contributed by atoms with Crippen LogP contribution in [0.2, 0.25) is 0 Å². The molecule has 0 radical (unpaired) electrons. The van der Waals surface area contributed by atoms with Gasteiger partial charge in [-0.05, 0) is 59.3 Å². The lowest BCUT2D eigenvalue weighted by Crippen LogP contribution is -2.52. The molecule has 0 bridgehead atoms. The summed E-state index contributed by atoms with van der Waals surface area (Å²) in [5.74, 6) is 1.25. The summed E-state index contributed by atoms with van der Waals surface area (Å²) < 4.78 is 17.2. The van der Waals surface area contributed by atoms with Gasteiger partial charge in [0, 0.05) is 25.1 Å². The maximum Gasteiger partial charge on any atom is 0.410 e. The van der Waals surface area contributed by atoms with Crippen LogP contribution >= 0.6 is 0 Å². The van der Waals surface area contributed by atoms with E-state index in [-0.39, 0.29) is 17.9 Å². The minimum Gasteiger partial charge on any atom is -0.444 e. The summed E-state index contributed by atoms with van der Waals surface area (Å²) in [4.78, 5) is 48.9. The molecular formula is C27H34N4O6. The van der Waals surface area contributed by atoms with E-state index in [2.05, 4.69) is 10.1 Å². The van der Waals surface area contributed by atoms with Gasteiger partial charge >= 0.3 is 6.09 Å². The van der Waals surface area contributed by atoms with E-state index in [0.29, 0.717) is 61.1 Å². The normalized spacial score (nSPS) is 27.4. The quantitative estimate of drug-likeness (QED) is 0.617. The Morgan fingerprint density at radius 2 is 1.89 bits per heavy atom. The third-order valence-corrected chi connectivity index (χ3v) is 8.38. The standard InChI is InChI=1S/C27H34N4O6/c1-25(2,3)36-24(34)31-13-17-20(26(14-31)11-12-35-15-26)28-22(29-23(17)33)19-16-7-6-10-27(21(16)37-30-19)9-5-4-8-18(27)32/h4-15H2,1-3H3,(H,28,29,33)/t26-,27+/m0/s1. The van der Waals surface area contributed by atoms with Gasteiger partial charge in [0.1, 0.15) is 11.4 Å². The highest BCUT2D eigenvalue weighted by Gasteiger charge is 2.50. The van der Waals surface area contributed by atoms with Gasteiger partial charge in [0.05, 0.1) is 35.2 Å². The molecule has 2 spiro atoms. The molecule has 37 heavy (non-hydrogen) atoms. The van der Waals surface area contributed by atoms with Crippen LogP contribution in [0, 0.1) is 0 Å². The highest BCUT2D eigenvalue weighted by atomic mass is 16.6. The van der Waals surface area contributed by atoms with E-state index in [1.165, 1.54) is 0 Å². The lowest BCUT2D eigenvalue weighted by atomic mass is 9.64. The van der Waals surface area contributed by atoms with Crippen LogP contribution in [0.4, 0.5) is 4.79 Å². The number of aromatic amines is 1. The number of carbonyl (C=O) groups excluding carboxylic acids is 2. The lowest BCUT2D eigenvalue weighted by Gasteiger charge is -2.40. The molecule has 10 nitrogen and oxygen atoms in total. The molecule has 2 atom stereocenters. The van der Waals surface area contributed by atoms with Gasteiger partial charge < -0.3 is 23.9 Å². The van der Waals surface area contributed by atoms with Crippen molar-refractivity contribution in [1.82, 2.24) is 20.0 Å². The number of hydrogen-bond donors (Lipinski definition) is 1. The second-order valence-electron chi connectivity index (χ2n) is 12.1. The first kappa shape index (κ1) is 24.3. The van der Waals surface area contributed by atoms with Crippen molar-refractivity contribution in [3.63, 3.8) is 0 Å². The number of Topliss-reactive ketones (excluding diaryl/α,β-unsaturated/α-hetero) is 1.